The number of rotatable bonds is 6. The summed E-state index contributed by atoms with van der Waals surface area (Å²) in [7, 11) is 0. The van der Waals surface area contributed by atoms with E-state index < -0.39 is 0 Å². The molecule has 0 rings (SSSR count). The third-order valence-electron chi connectivity index (χ3n) is 2.34. The number of carbonyl (C=O) groups is 1. The van der Waals surface area contributed by atoms with Gasteiger partial charge in [0, 0.05) is 18.4 Å². The lowest BCUT2D eigenvalue weighted by Crippen LogP contribution is -2.36. The molecule has 2 heteroatoms. The van der Waals surface area contributed by atoms with E-state index in [1.54, 1.807) is 0 Å². The third-order valence-corrected chi connectivity index (χ3v) is 2.34. The zero-order valence-corrected chi connectivity index (χ0v) is 11.6. The van der Waals surface area contributed by atoms with E-state index in [-0.39, 0.29) is 5.92 Å². The Kier molecular flexibility index (Phi) is 11.5. The fourth-order valence-corrected chi connectivity index (χ4v) is 1.26. The molecule has 1 unspecified atom stereocenters. The van der Waals surface area contributed by atoms with Gasteiger partial charge in [0.25, 0.3) is 0 Å². The number of nitrogens with one attached hydrogen (secondary N) is 1. The predicted molar refractivity (Wildman–Crippen MR) is 68.1 cm³/mol. The van der Waals surface area contributed by atoms with Crippen LogP contribution in [0.1, 0.15) is 54.9 Å². The standard InChI is InChI=1S/C11H23NO.C2H6/c1-6-12-10(8(2)3)7-11(13)9(4)5;1-2/h8-10,12H,6-7H2,1-5H3;1-2H3. The summed E-state index contributed by atoms with van der Waals surface area (Å²) in [6.45, 7) is 15.3. The van der Waals surface area contributed by atoms with E-state index in [4.69, 9.17) is 0 Å². The average Bonchev–Trinajstić information content (AvgIpc) is 2.19. The molecule has 1 atom stereocenters. The molecule has 0 amide bonds. The maximum absolute atomic E-state index is 11.5. The van der Waals surface area contributed by atoms with E-state index in [0.717, 1.165) is 6.54 Å². The number of Topliss-reactive ketones (excluding diaryl/α,β-unsaturated/α-hetero) is 1. The molecule has 0 aliphatic rings. The molecule has 0 aromatic rings. The fourth-order valence-electron chi connectivity index (χ4n) is 1.26. The maximum Gasteiger partial charge on any atom is 0.136 e. The van der Waals surface area contributed by atoms with Gasteiger partial charge in [0.1, 0.15) is 5.78 Å². The summed E-state index contributed by atoms with van der Waals surface area (Å²) in [5, 5.41) is 3.35. The molecule has 92 valence electrons. The molecule has 0 aliphatic heterocycles. The van der Waals surface area contributed by atoms with Gasteiger partial charge in [-0.05, 0) is 12.5 Å². The van der Waals surface area contributed by atoms with E-state index in [9.17, 15) is 4.79 Å². The third kappa shape index (κ3) is 8.61. The van der Waals surface area contributed by atoms with Crippen LogP contribution in [0.2, 0.25) is 0 Å². The molecule has 0 aromatic carbocycles. The van der Waals surface area contributed by atoms with Gasteiger partial charge in [-0.2, -0.15) is 0 Å². The van der Waals surface area contributed by atoms with Crippen molar-refractivity contribution in [2.24, 2.45) is 11.8 Å². The Balaban J connectivity index is 0. The van der Waals surface area contributed by atoms with Gasteiger partial charge in [0.15, 0.2) is 0 Å². The lowest BCUT2D eigenvalue weighted by molar-refractivity contribution is -0.122. The molecule has 0 fully saturated rings. The summed E-state index contributed by atoms with van der Waals surface area (Å²) in [5.74, 6) is 1.06. The van der Waals surface area contributed by atoms with Gasteiger partial charge in [-0.15, -0.1) is 0 Å². The van der Waals surface area contributed by atoms with E-state index in [1.807, 2.05) is 27.7 Å². The normalized spacial score (nSPS) is 12.3. The minimum Gasteiger partial charge on any atom is -0.314 e. The van der Waals surface area contributed by atoms with E-state index in [0.29, 0.717) is 24.2 Å². The number of carbonyl (C=O) groups excluding carboxylic acids is 1. The first kappa shape index (κ1) is 17.0. The van der Waals surface area contributed by atoms with Crippen molar-refractivity contribution >= 4 is 5.78 Å². The highest BCUT2D eigenvalue weighted by Gasteiger charge is 2.17. The molecule has 0 bridgehead atoms. The Morgan fingerprint density at radius 3 is 1.87 bits per heavy atom. The largest absolute Gasteiger partial charge is 0.314 e. The molecular weight excluding hydrogens is 186 g/mol. The Morgan fingerprint density at radius 2 is 1.60 bits per heavy atom. The molecule has 0 radical (unpaired) electrons. The summed E-state index contributed by atoms with van der Waals surface area (Å²) in [5.41, 5.74) is 0. The Morgan fingerprint density at radius 1 is 1.13 bits per heavy atom. The monoisotopic (exact) mass is 215 g/mol. The lowest BCUT2D eigenvalue weighted by atomic mass is 9.94. The zero-order chi connectivity index (χ0) is 12.4. The van der Waals surface area contributed by atoms with Gasteiger partial charge in [0.2, 0.25) is 0 Å². The first-order chi connectivity index (χ1) is 6.99. The van der Waals surface area contributed by atoms with Crippen LogP contribution in [-0.2, 0) is 4.79 Å². The van der Waals surface area contributed by atoms with Crippen molar-refractivity contribution in [3.8, 4) is 0 Å². The minimum absolute atomic E-state index is 0.167. The zero-order valence-electron chi connectivity index (χ0n) is 11.6. The van der Waals surface area contributed by atoms with Crippen LogP contribution in [0.25, 0.3) is 0 Å². The van der Waals surface area contributed by atoms with Crippen LogP contribution in [0.3, 0.4) is 0 Å². The first-order valence-electron chi connectivity index (χ1n) is 6.25. The smallest absolute Gasteiger partial charge is 0.136 e. The van der Waals surface area contributed by atoms with Gasteiger partial charge in [-0.25, -0.2) is 0 Å². The molecule has 0 saturated heterocycles. The number of ketones is 1. The number of hydrogen-bond donors (Lipinski definition) is 1. The van der Waals surface area contributed by atoms with Crippen LogP contribution in [0, 0.1) is 11.8 Å². The second kappa shape index (κ2) is 10.2. The average molecular weight is 215 g/mol. The molecule has 0 heterocycles. The summed E-state index contributed by atoms with van der Waals surface area (Å²) in [6, 6.07) is 0.347. The van der Waals surface area contributed by atoms with Crippen LogP contribution >= 0.6 is 0 Å². The van der Waals surface area contributed by atoms with Gasteiger partial charge >= 0.3 is 0 Å². The Hall–Kier alpha value is -0.370. The van der Waals surface area contributed by atoms with Crippen molar-refractivity contribution < 1.29 is 4.79 Å². The maximum atomic E-state index is 11.5. The molecule has 0 saturated carbocycles. The topological polar surface area (TPSA) is 29.1 Å². The highest BCUT2D eigenvalue weighted by Crippen LogP contribution is 2.10. The van der Waals surface area contributed by atoms with Crippen molar-refractivity contribution in [1.29, 1.82) is 0 Å². The quantitative estimate of drug-likeness (QED) is 0.737. The molecule has 2 nitrogen and oxygen atoms in total. The predicted octanol–water partition coefficient (Wildman–Crippen LogP) is 3.26. The second-order valence-electron chi connectivity index (χ2n) is 4.23. The van der Waals surface area contributed by atoms with Crippen LogP contribution in [0.4, 0.5) is 0 Å². The summed E-state index contributed by atoms with van der Waals surface area (Å²) in [4.78, 5) is 11.5. The fraction of sp³-hybridized carbons (Fsp3) is 0.923. The van der Waals surface area contributed by atoms with Crippen molar-refractivity contribution in [1.82, 2.24) is 5.32 Å². The lowest BCUT2D eigenvalue weighted by Gasteiger charge is -2.21. The highest BCUT2D eigenvalue weighted by molar-refractivity contribution is 5.80. The van der Waals surface area contributed by atoms with E-state index >= 15 is 0 Å². The van der Waals surface area contributed by atoms with Crippen molar-refractivity contribution in [2.45, 2.75) is 60.9 Å². The molecule has 1 N–H and O–H groups in total. The van der Waals surface area contributed by atoms with Crippen LogP contribution in [-0.4, -0.2) is 18.4 Å². The van der Waals surface area contributed by atoms with Crippen molar-refractivity contribution in [3.05, 3.63) is 0 Å². The van der Waals surface area contributed by atoms with Crippen LogP contribution < -0.4 is 5.32 Å². The van der Waals surface area contributed by atoms with Gasteiger partial charge in [0.05, 0.1) is 0 Å². The molecule has 0 aliphatic carbocycles. The summed E-state index contributed by atoms with van der Waals surface area (Å²) < 4.78 is 0. The van der Waals surface area contributed by atoms with Crippen LogP contribution in [0.5, 0.6) is 0 Å². The van der Waals surface area contributed by atoms with Gasteiger partial charge in [-0.3, -0.25) is 4.79 Å². The van der Waals surface area contributed by atoms with Crippen molar-refractivity contribution in [2.75, 3.05) is 6.54 Å². The molecule has 0 spiro atoms. The number of hydrogen-bond acceptors (Lipinski definition) is 2. The van der Waals surface area contributed by atoms with Crippen molar-refractivity contribution in [3.63, 3.8) is 0 Å². The van der Waals surface area contributed by atoms with Gasteiger partial charge < -0.3 is 5.32 Å². The molecule has 15 heavy (non-hydrogen) atoms. The van der Waals surface area contributed by atoms with E-state index in [1.165, 1.54) is 0 Å². The summed E-state index contributed by atoms with van der Waals surface area (Å²) in [6.07, 6.45) is 0.670. The van der Waals surface area contributed by atoms with Crippen LogP contribution in [0.15, 0.2) is 0 Å². The SMILES string of the molecule is CC.CCNC(CC(=O)C(C)C)C(C)C. The Bertz CT molecular complexity index is 153. The molecule has 0 aromatic heterocycles. The summed E-state index contributed by atoms with van der Waals surface area (Å²) >= 11 is 0. The minimum atomic E-state index is 0.167. The van der Waals surface area contributed by atoms with Gasteiger partial charge in [-0.1, -0.05) is 48.5 Å². The molecular formula is C13H29NO. The first-order valence-corrected chi connectivity index (χ1v) is 6.25. The highest BCUT2D eigenvalue weighted by atomic mass is 16.1. The second-order valence-corrected chi connectivity index (χ2v) is 4.23. The van der Waals surface area contributed by atoms with E-state index in [2.05, 4.69) is 26.1 Å². The Labute approximate surface area is 95.8 Å².